The Morgan fingerprint density at radius 1 is 1.38 bits per heavy atom. The largest absolute Gasteiger partial charge is 0.378 e. The topological polar surface area (TPSA) is 34.8 Å². The van der Waals surface area contributed by atoms with Crippen LogP contribution in [0.3, 0.4) is 0 Å². The number of nitrogens with zero attached hydrogens (tertiary/aromatic N) is 3. The normalized spacial score (nSPS) is 10.6. The van der Waals surface area contributed by atoms with Crippen molar-refractivity contribution in [3.05, 3.63) is 36.4 Å². The molecule has 0 saturated heterocycles. The molecule has 0 atom stereocenters. The molecule has 0 amide bonds. The second kappa shape index (κ2) is 4.88. The molecule has 0 aliphatic rings. The summed E-state index contributed by atoms with van der Waals surface area (Å²) in [6.07, 6.45) is 9.30. The number of anilines is 1. The van der Waals surface area contributed by atoms with Crippen molar-refractivity contribution in [3.8, 4) is 0 Å². The maximum atomic E-state index is 4.11. The molecule has 0 aliphatic carbocycles. The van der Waals surface area contributed by atoms with E-state index in [1.165, 1.54) is 12.0 Å². The van der Waals surface area contributed by atoms with E-state index >= 15 is 0 Å². The first-order valence-corrected chi connectivity index (χ1v) is 5.65. The van der Waals surface area contributed by atoms with E-state index in [1.54, 1.807) is 4.68 Å². The molecule has 4 nitrogen and oxygen atoms in total. The summed E-state index contributed by atoms with van der Waals surface area (Å²) in [6, 6.07) is 2.15. The van der Waals surface area contributed by atoms with Crippen molar-refractivity contribution in [1.82, 2.24) is 14.3 Å². The van der Waals surface area contributed by atoms with E-state index in [2.05, 4.69) is 40.4 Å². The first kappa shape index (κ1) is 10.8. The molecule has 1 N–H and O–H groups in total. The molecular weight excluding hydrogens is 200 g/mol. The van der Waals surface area contributed by atoms with E-state index in [9.17, 15) is 0 Å². The van der Waals surface area contributed by atoms with Crippen molar-refractivity contribution in [2.24, 2.45) is 7.05 Å². The highest BCUT2D eigenvalue weighted by atomic mass is 15.3. The number of aromatic nitrogens is 3. The molecule has 0 spiro atoms. The highest BCUT2D eigenvalue weighted by molar-refractivity contribution is 5.38. The van der Waals surface area contributed by atoms with Crippen LogP contribution in [0.2, 0.25) is 0 Å². The van der Waals surface area contributed by atoms with Gasteiger partial charge < -0.3 is 9.88 Å². The summed E-state index contributed by atoms with van der Waals surface area (Å²) in [4.78, 5) is 0. The molecule has 2 rings (SSSR count). The minimum absolute atomic E-state index is 0.850. The second-order valence-corrected chi connectivity index (χ2v) is 4.01. The van der Waals surface area contributed by atoms with E-state index in [1.807, 2.05) is 19.4 Å². The summed E-state index contributed by atoms with van der Waals surface area (Å²) >= 11 is 0. The van der Waals surface area contributed by atoms with E-state index in [-0.39, 0.29) is 0 Å². The summed E-state index contributed by atoms with van der Waals surface area (Å²) in [5.41, 5.74) is 2.36. The lowest BCUT2D eigenvalue weighted by molar-refractivity contribution is 0.682. The fraction of sp³-hybridized carbons (Fsp3) is 0.417. The Kier molecular flexibility index (Phi) is 3.29. The Balaban J connectivity index is 1.89. The third-order valence-corrected chi connectivity index (χ3v) is 2.50. The molecule has 0 fully saturated rings. The Morgan fingerprint density at radius 3 is 2.94 bits per heavy atom. The summed E-state index contributed by atoms with van der Waals surface area (Å²) in [6.45, 7) is 4.13. The zero-order valence-electron chi connectivity index (χ0n) is 9.85. The maximum Gasteiger partial charge on any atom is 0.0729 e. The quantitative estimate of drug-likeness (QED) is 0.835. The minimum atomic E-state index is 0.850. The smallest absolute Gasteiger partial charge is 0.0729 e. The van der Waals surface area contributed by atoms with Crippen LogP contribution >= 0.6 is 0 Å². The van der Waals surface area contributed by atoms with Crippen LogP contribution in [0, 0.1) is 0 Å². The Labute approximate surface area is 95.9 Å². The van der Waals surface area contributed by atoms with Crippen molar-refractivity contribution in [1.29, 1.82) is 0 Å². The molecule has 0 aromatic carbocycles. The van der Waals surface area contributed by atoms with Crippen LogP contribution < -0.4 is 5.32 Å². The van der Waals surface area contributed by atoms with Gasteiger partial charge in [-0.25, -0.2) is 0 Å². The summed E-state index contributed by atoms with van der Waals surface area (Å²) in [5, 5.41) is 7.45. The van der Waals surface area contributed by atoms with Gasteiger partial charge >= 0.3 is 0 Å². The van der Waals surface area contributed by atoms with E-state index in [0.29, 0.717) is 0 Å². The fourth-order valence-corrected chi connectivity index (χ4v) is 1.71. The van der Waals surface area contributed by atoms with E-state index in [4.69, 9.17) is 0 Å². The molecule has 2 aromatic heterocycles. The van der Waals surface area contributed by atoms with Crippen molar-refractivity contribution in [3.63, 3.8) is 0 Å². The van der Waals surface area contributed by atoms with E-state index < -0.39 is 0 Å². The van der Waals surface area contributed by atoms with Gasteiger partial charge in [0.25, 0.3) is 0 Å². The van der Waals surface area contributed by atoms with Gasteiger partial charge in [0, 0.05) is 38.7 Å². The van der Waals surface area contributed by atoms with Crippen LogP contribution in [0.25, 0.3) is 0 Å². The maximum absolute atomic E-state index is 4.11. The van der Waals surface area contributed by atoms with Gasteiger partial charge in [-0.3, -0.25) is 4.68 Å². The van der Waals surface area contributed by atoms with Gasteiger partial charge in [-0.2, -0.15) is 5.10 Å². The molecule has 2 heterocycles. The molecule has 0 aliphatic heterocycles. The fourth-order valence-electron chi connectivity index (χ4n) is 1.71. The van der Waals surface area contributed by atoms with Crippen LogP contribution in [-0.4, -0.2) is 14.3 Å². The highest BCUT2D eigenvalue weighted by Crippen LogP contribution is 2.08. The Hall–Kier alpha value is -1.71. The van der Waals surface area contributed by atoms with Crippen molar-refractivity contribution in [2.45, 2.75) is 26.4 Å². The standard InChI is InChI=1S/C12H18N4/c1-3-5-16-6-4-11(9-16)7-13-12-8-14-15(2)10-12/h4,6,8-10,13H,3,5,7H2,1-2H3. The van der Waals surface area contributed by atoms with Crippen LogP contribution in [0.5, 0.6) is 0 Å². The molecule has 0 unspecified atom stereocenters. The summed E-state index contributed by atoms with van der Waals surface area (Å²) in [5.74, 6) is 0. The number of nitrogens with one attached hydrogen (secondary N) is 1. The third-order valence-electron chi connectivity index (χ3n) is 2.50. The molecule has 2 aromatic rings. The zero-order valence-corrected chi connectivity index (χ0v) is 9.85. The molecule has 4 heteroatoms. The molecule has 86 valence electrons. The minimum Gasteiger partial charge on any atom is -0.378 e. The van der Waals surface area contributed by atoms with Gasteiger partial charge in [0.2, 0.25) is 0 Å². The van der Waals surface area contributed by atoms with Gasteiger partial charge in [0.15, 0.2) is 0 Å². The Bertz CT molecular complexity index is 441. The third kappa shape index (κ3) is 2.66. The SMILES string of the molecule is CCCn1ccc(CNc2cnn(C)c2)c1. The number of hydrogen-bond donors (Lipinski definition) is 1. The highest BCUT2D eigenvalue weighted by Gasteiger charge is 1.98. The van der Waals surface area contributed by atoms with Gasteiger partial charge in [-0.15, -0.1) is 0 Å². The predicted octanol–water partition coefficient (Wildman–Crippen LogP) is 2.24. The summed E-state index contributed by atoms with van der Waals surface area (Å²) < 4.78 is 4.02. The monoisotopic (exact) mass is 218 g/mol. The van der Waals surface area contributed by atoms with Gasteiger partial charge in [-0.05, 0) is 18.1 Å². The predicted molar refractivity (Wildman–Crippen MR) is 65.3 cm³/mol. The first-order valence-electron chi connectivity index (χ1n) is 5.65. The van der Waals surface area contributed by atoms with Crippen molar-refractivity contribution < 1.29 is 0 Å². The van der Waals surface area contributed by atoms with Crippen LogP contribution in [0.1, 0.15) is 18.9 Å². The average molecular weight is 218 g/mol. The molecule has 0 bridgehead atoms. The number of hydrogen-bond acceptors (Lipinski definition) is 2. The Morgan fingerprint density at radius 2 is 2.25 bits per heavy atom. The van der Waals surface area contributed by atoms with Gasteiger partial charge in [0.1, 0.15) is 0 Å². The lowest BCUT2D eigenvalue weighted by atomic mass is 10.3. The second-order valence-electron chi connectivity index (χ2n) is 4.01. The molecular formula is C12H18N4. The van der Waals surface area contributed by atoms with E-state index in [0.717, 1.165) is 18.8 Å². The van der Waals surface area contributed by atoms with Crippen LogP contribution in [-0.2, 0) is 20.1 Å². The zero-order chi connectivity index (χ0) is 11.4. The van der Waals surface area contributed by atoms with Crippen molar-refractivity contribution >= 4 is 5.69 Å². The number of rotatable bonds is 5. The lowest BCUT2D eigenvalue weighted by Crippen LogP contribution is -1.98. The molecule has 16 heavy (non-hydrogen) atoms. The average Bonchev–Trinajstić information content (AvgIpc) is 2.85. The first-order chi connectivity index (χ1) is 7.78. The molecule has 0 radical (unpaired) electrons. The molecule has 0 saturated carbocycles. The summed E-state index contributed by atoms with van der Waals surface area (Å²) in [7, 11) is 1.92. The lowest BCUT2D eigenvalue weighted by Gasteiger charge is -2.01. The van der Waals surface area contributed by atoms with Gasteiger partial charge in [0.05, 0.1) is 11.9 Å². The van der Waals surface area contributed by atoms with Crippen molar-refractivity contribution in [2.75, 3.05) is 5.32 Å². The van der Waals surface area contributed by atoms with Crippen LogP contribution in [0.4, 0.5) is 5.69 Å². The van der Waals surface area contributed by atoms with Crippen LogP contribution in [0.15, 0.2) is 30.9 Å². The number of aryl methyl sites for hydroxylation is 2. The van der Waals surface area contributed by atoms with Gasteiger partial charge in [-0.1, -0.05) is 6.92 Å².